The molecule has 2 aromatic carbocycles. The molecule has 2 aliphatic heterocycles. The standard InChI is InChI=1S/C20H17FN4O5S2/c21-12-3-6-14(7-4-12)32(27,28)25-9-1-2-15(25)19-23-24-20(31-19)18(26)22-13-5-8-16-17(10-13)30-11-29-16/h3-8,10,15H,1-2,9,11H2,(H,22,26)/t15-/m0/s1. The maximum absolute atomic E-state index is 13.2. The lowest BCUT2D eigenvalue weighted by Crippen LogP contribution is -2.30. The van der Waals surface area contributed by atoms with Gasteiger partial charge in [-0.3, -0.25) is 4.79 Å². The van der Waals surface area contributed by atoms with Gasteiger partial charge in [0.05, 0.1) is 10.9 Å². The number of sulfonamides is 1. The number of amides is 1. The van der Waals surface area contributed by atoms with Crippen LogP contribution in [0.5, 0.6) is 11.5 Å². The molecule has 5 rings (SSSR count). The molecule has 0 unspecified atom stereocenters. The summed E-state index contributed by atoms with van der Waals surface area (Å²) < 4.78 is 51.2. The quantitative estimate of drug-likeness (QED) is 0.602. The van der Waals surface area contributed by atoms with Crippen LogP contribution in [0.4, 0.5) is 10.1 Å². The van der Waals surface area contributed by atoms with E-state index in [1.165, 1.54) is 16.4 Å². The molecule has 1 atom stereocenters. The second kappa shape index (κ2) is 8.11. The van der Waals surface area contributed by atoms with E-state index in [1.54, 1.807) is 18.2 Å². The molecule has 1 saturated heterocycles. The van der Waals surface area contributed by atoms with Crippen molar-refractivity contribution in [2.75, 3.05) is 18.7 Å². The number of carbonyl (C=O) groups excluding carboxylic acids is 1. The minimum Gasteiger partial charge on any atom is -0.454 e. The Bertz CT molecular complexity index is 1280. The van der Waals surface area contributed by atoms with E-state index >= 15 is 0 Å². The molecule has 1 N–H and O–H groups in total. The van der Waals surface area contributed by atoms with E-state index in [2.05, 4.69) is 15.5 Å². The largest absolute Gasteiger partial charge is 0.454 e. The van der Waals surface area contributed by atoms with Crippen LogP contribution in [0, 0.1) is 5.82 Å². The highest BCUT2D eigenvalue weighted by atomic mass is 32.2. The van der Waals surface area contributed by atoms with E-state index in [9.17, 15) is 17.6 Å². The number of halogens is 1. The number of ether oxygens (including phenoxy) is 2. The van der Waals surface area contributed by atoms with Gasteiger partial charge in [0.25, 0.3) is 5.91 Å². The van der Waals surface area contributed by atoms with E-state index in [1.807, 2.05) is 0 Å². The average Bonchev–Trinajstić information content (AvgIpc) is 3.53. The van der Waals surface area contributed by atoms with Crippen LogP contribution in [0.2, 0.25) is 0 Å². The highest BCUT2D eigenvalue weighted by Crippen LogP contribution is 2.38. The Balaban J connectivity index is 1.34. The Morgan fingerprint density at radius 3 is 2.72 bits per heavy atom. The highest BCUT2D eigenvalue weighted by molar-refractivity contribution is 7.89. The number of fused-ring (bicyclic) bond motifs is 1. The zero-order valence-electron chi connectivity index (χ0n) is 16.5. The SMILES string of the molecule is O=C(Nc1ccc2c(c1)OCO2)c1nnc([C@@H]2CCCN2S(=O)(=O)c2ccc(F)cc2)s1. The third-order valence-corrected chi connectivity index (χ3v) is 8.12. The van der Waals surface area contributed by atoms with Crippen molar-refractivity contribution in [2.45, 2.75) is 23.8 Å². The summed E-state index contributed by atoms with van der Waals surface area (Å²) in [6.45, 7) is 0.438. The van der Waals surface area contributed by atoms with Gasteiger partial charge in [0.15, 0.2) is 11.5 Å². The van der Waals surface area contributed by atoms with Crippen LogP contribution in [0.25, 0.3) is 0 Å². The molecule has 9 nitrogen and oxygen atoms in total. The van der Waals surface area contributed by atoms with Crippen molar-refractivity contribution in [2.24, 2.45) is 0 Å². The number of hydrogen-bond acceptors (Lipinski definition) is 8. The molecule has 12 heteroatoms. The lowest BCUT2D eigenvalue weighted by Gasteiger charge is -2.22. The number of anilines is 1. The third kappa shape index (κ3) is 3.80. The minimum absolute atomic E-state index is 0.0103. The summed E-state index contributed by atoms with van der Waals surface area (Å²) in [7, 11) is -3.84. The molecule has 0 radical (unpaired) electrons. The zero-order chi connectivity index (χ0) is 22.3. The average molecular weight is 477 g/mol. The van der Waals surface area contributed by atoms with E-state index in [0.717, 1.165) is 23.5 Å². The molecule has 1 aromatic heterocycles. The molecule has 3 aromatic rings. The molecule has 0 saturated carbocycles. The predicted octanol–water partition coefficient (Wildman–Crippen LogP) is 3.18. The van der Waals surface area contributed by atoms with E-state index < -0.39 is 27.8 Å². The fraction of sp³-hybridized carbons (Fsp3) is 0.250. The van der Waals surface area contributed by atoms with Gasteiger partial charge in [-0.05, 0) is 49.2 Å². The van der Waals surface area contributed by atoms with Crippen LogP contribution in [-0.4, -0.2) is 42.2 Å². The lowest BCUT2D eigenvalue weighted by atomic mass is 10.2. The first-order valence-electron chi connectivity index (χ1n) is 9.73. The molecule has 32 heavy (non-hydrogen) atoms. The Labute approximate surface area is 186 Å². The van der Waals surface area contributed by atoms with Crippen molar-refractivity contribution in [3.8, 4) is 11.5 Å². The Hall–Kier alpha value is -3.09. The molecular weight excluding hydrogens is 459 g/mol. The van der Waals surface area contributed by atoms with Crippen LogP contribution in [-0.2, 0) is 10.0 Å². The first-order valence-corrected chi connectivity index (χ1v) is 12.0. The van der Waals surface area contributed by atoms with Crippen molar-refractivity contribution in [1.29, 1.82) is 0 Å². The zero-order valence-corrected chi connectivity index (χ0v) is 18.2. The van der Waals surface area contributed by atoms with Gasteiger partial charge in [0.2, 0.25) is 21.8 Å². The second-order valence-corrected chi connectivity index (χ2v) is 10.1. The molecular formula is C20H17FN4O5S2. The first kappa shape index (κ1) is 20.8. The van der Waals surface area contributed by atoms with Gasteiger partial charge < -0.3 is 14.8 Å². The Morgan fingerprint density at radius 2 is 1.91 bits per heavy atom. The van der Waals surface area contributed by atoms with Crippen molar-refractivity contribution >= 4 is 33.0 Å². The molecule has 0 spiro atoms. The van der Waals surface area contributed by atoms with Crippen LogP contribution in [0.15, 0.2) is 47.4 Å². The Kier molecular flexibility index (Phi) is 5.27. The van der Waals surface area contributed by atoms with Gasteiger partial charge in [-0.15, -0.1) is 10.2 Å². The van der Waals surface area contributed by atoms with E-state index in [4.69, 9.17) is 9.47 Å². The molecule has 3 heterocycles. The van der Waals surface area contributed by atoms with Crippen molar-refractivity contribution < 1.29 is 27.1 Å². The number of nitrogens with one attached hydrogen (secondary N) is 1. The van der Waals surface area contributed by atoms with Gasteiger partial charge in [-0.1, -0.05) is 11.3 Å². The Morgan fingerprint density at radius 1 is 1.12 bits per heavy atom. The van der Waals surface area contributed by atoms with Crippen molar-refractivity contribution in [3.05, 3.63) is 58.3 Å². The minimum atomic E-state index is -3.84. The molecule has 1 amide bonds. The summed E-state index contributed by atoms with van der Waals surface area (Å²) in [5.41, 5.74) is 0.511. The fourth-order valence-electron chi connectivity index (χ4n) is 3.64. The normalized spacial score (nSPS) is 18.1. The van der Waals surface area contributed by atoms with Crippen LogP contribution < -0.4 is 14.8 Å². The summed E-state index contributed by atoms with van der Waals surface area (Å²) in [6.07, 6.45) is 1.20. The predicted molar refractivity (Wildman–Crippen MR) is 113 cm³/mol. The van der Waals surface area contributed by atoms with Gasteiger partial charge in [0.1, 0.15) is 10.8 Å². The smallest absolute Gasteiger partial charge is 0.286 e. The number of benzene rings is 2. The van der Waals surface area contributed by atoms with Gasteiger partial charge >= 0.3 is 0 Å². The monoisotopic (exact) mass is 476 g/mol. The van der Waals surface area contributed by atoms with Gasteiger partial charge in [-0.25, -0.2) is 12.8 Å². The van der Waals surface area contributed by atoms with Crippen LogP contribution in [0.1, 0.15) is 33.7 Å². The molecule has 1 fully saturated rings. The van der Waals surface area contributed by atoms with Crippen molar-refractivity contribution in [3.63, 3.8) is 0 Å². The van der Waals surface area contributed by atoms with E-state index in [0.29, 0.717) is 41.6 Å². The fourth-order valence-corrected chi connectivity index (χ4v) is 6.25. The topological polar surface area (TPSA) is 111 Å². The number of carbonyl (C=O) groups is 1. The first-order chi connectivity index (χ1) is 15.4. The number of nitrogens with zero attached hydrogens (tertiary/aromatic N) is 3. The number of hydrogen-bond donors (Lipinski definition) is 1. The summed E-state index contributed by atoms with van der Waals surface area (Å²) in [5.74, 6) is 0.168. The summed E-state index contributed by atoms with van der Waals surface area (Å²) in [4.78, 5) is 12.6. The van der Waals surface area contributed by atoms with Gasteiger partial charge in [-0.2, -0.15) is 4.31 Å². The van der Waals surface area contributed by atoms with E-state index in [-0.39, 0.29) is 16.7 Å². The maximum atomic E-state index is 13.2. The van der Waals surface area contributed by atoms with Crippen LogP contribution in [0.3, 0.4) is 0 Å². The molecule has 0 aliphatic carbocycles. The molecule has 2 aliphatic rings. The van der Waals surface area contributed by atoms with Crippen molar-refractivity contribution in [1.82, 2.24) is 14.5 Å². The summed E-state index contributed by atoms with van der Waals surface area (Å²) >= 11 is 1.04. The summed E-state index contributed by atoms with van der Waals surface area (Å²) in [6, 6.07) is 9.20. The highest BCUT2D eigenvalue weighted by Gasteiger charge is 2.38. The summed E-state index contributed by atoms with van der Waals surface area (Å²) in [5, 5.41) is 11.3. The molecule has 0 bridgehead atoms. The lowest BCUT2D eigenvalue weighted by molar-refractivity contribution is 0.102. The molecule has 166 valence electrons. The van der Waals surface area contributed by atoms with Crippen LogP contribution >= 0.6 is 11.3 Å². The number of aromatic nitrogens is 2. The van der Waals surface area contributed by atoms with Gasteiger partial charge in [0, 0.05) is 18.3 Å². The maximum Gasteiger partial charge on any atom is 0.286 e. The number of rotatable bonds is 5. The second-order valence-electron chi connectivity index (χ2n) is 7.20. The third-order valence-electron chi connectivity index (χ3n) is 5.17.